The Hall–Kier alpha value is -1.87. The summed E-state index contributed by atoms with van der Waals surface area (Å²) in [5, 5.41) is 16.1. The normalized spacial score (nSPS) is 21.2. The van der Waals surface area contributed by atoms with Crippen molar-refractivity contribution in [2.24, 2.45) is 5.92 Å². The molecule has 1 aromatic carbocycles. The molecule has 0 bridgehead atoms. The number of amides is 1. The average Bonchev–Trinajstić information content (AvgIpc) is 3.01. The number of hydrogen-bond donors (Lipinski definition) is 3. The number of hydrogen-bond acceptors (Lipinski definition) is 6. The molecule has 2 aliphatic heterocycles. The van der Waals surface area contributed by atoms with Gasteiger partial charge in [-0.05, 0) is 63.6 Å². The smallest absolute Gasteiger partial charge is 0.323 e. The van der Waals surface area contributed by atoms with Crippen molar-refractivity contribution < 1.29 is 24.2 Å². The molecule has 8 nitrogen and oxygen atoms in total. The van der Waals surface area contributed by atoms with Gasteiger partial charge in [0.05, 0.1) is 12.6 Å². The quantitative estimate of drug-likeness (QED) is 0.264. The van der Waals surface area contributed by atoms with Crippen molar-refractivity contribution in [1.82, 2.24) is 15.5 Å². The Balaban J connectivity index is 0.00000342. The summed E-state index contributed by atoms with van der Waals surface area (Å²) in [7, 11) is 0. The second-order valence-electron chi connectivity index (χ2n) is 9.80. The van der Waals surface area contributed by atoms with Crippen LogP contribution < -0.4 is 10.6 Å². The number of aliphatic carboxylic acids is 1. The van der Waals surface area contributed by atoms with Crippen LogP contribution in [0.15, 0.2) is 30.3 Å². The summed E-state index contributed by atoms with van der Waals surface area (Å²) < 4.78 is 5.31. The first-order chi connectivity index (χ1) is 17.0. The van der Waals surface area contributed by atoms with Gasteiger partial charge in [-0.15, -0.1) is 24.8 Å². The molecule has 3 rings (SSSR count). The van der Waals surface area contributed by atoms with Crippen LogP contribution in [0.5, 0.6) is 0 Å². The zero-order chi connectivity index (χ0) is 25.0. The van der Waals surface area contributed by atoms with Crippen molar-refractivity contribution >= 4 is 42.7 Å². The van der Waals surface area contributed by atoms with E-state index in [1.165, 1.54) is 17.7 Å². The van der Waals surface area contributed by atoms with E-state index in [0.29, 0.717) is 19.4 Å². The SMILES string of the molecule is CCOC(=O)[C@H](CCCCC1CCNCC1)N[C@H]1CC[C@H](c2ccccc2)CN(CC(=O)O)C1=O.Cl.Cl. The standard InChI is InChI=1S/C27H41N3O5.2ClH/c1-2-35-27(34)24(11-7-6-8-20-14-16-28-17-15-20)29-23-13-12-22(21-9-4-3-5-10-21)18-30(26(23)33)19-25(31)32;;/h3-5,9-10,20,22-24,28-29H,2,6-8,11-19H2,1H3,(H,31,32);2*1H/t22-,23-,24-;;/m0../s1. The first-order valence-corrected chi connectivity index (χ1v) is 13.2. The largest absolute Gasteiger partial charge is 0.480 e. The van der Waals surface area contributed by atoms with E-state index in [9.17, 15) is 19.5 Å². The highest BCUT2D eigenvalue weighted by atomic mass is 35.5. The minimum Gasteiger partial charge on any atom is -0.480 e. The lowest BCUT2D eigenvalue weighted by atomic mass is 9.91. The van der Waals surface area contributed by atoms with E-state index in [-0.39, 0.29) is 55.8 Å². The fourth-order valence-corrected chi connectivity index (χ4v) is 5.32. The average molecular weight is 561 g/mol. The van der Waals surface area contributed by atoms with Gasteiger partial charge in [-0.25, -0.2) is 0 Å². The number of nitrogens with zero attached hydrogens (tertiary/aromatic N) is 1. The molecule has 2 heterocycles. The van der Waals surface area contributed by atoms with E-state index in [4.69, 9.17) is 4.74 Å². The van der Waals surface area contributed by atoms with E-state index in [2.05, 4.69) is 10.6 Å². The van der Waals surface area contributed by atoms with Crippen molar-refractivity contribution in [1.29, 1.82) is 0 Å². The van der Waals surface area contributed by atoms with Crippen molar-refractivity contribution in [3.05, 3.63) is 35.9 Å². The Morgan fingerprint density at radius 1 is 1.11 bits per heavy atom. The molecule has 0 radical (unpaired) electrons. The first-order valence-electron chi connectivity index (χ1n) is 13.2. The van der Waals surface area contributed by atoms with Crippen LogP contribution in [0.4, 0.5) is 0 Å². The van der Waals surface area contributed by atoms with E-state index in [1.54, 1.807) is 6.92 Å². The maximum absolute atomic E-state index is 13.4. The van der Waals surface area contributed by atoms with E-state index < -0.39 is 18.1 Å². The number of carboxylic acid groups (broad SMARTS) is 1. The maximum Gasteiger partial charge on any atom is 0.323 e. The lowest BCUT2D eigenvalue weighted by Gasteiger charge is -2.27. The predicted octanol–water partition coefficient (Wildman–Crippen LogP) is 3.77. The van der Waals surface area contributed by atoms with Crippen LogP contribution in [0.2, 0.25) is 0 Å². The molecule has 37 heavy (non-hydrogen) atoms. The van der Waals surface area contributed by atoms with Gasteiger partial charge in [0.1, 0.15) is 12.6 Å². The molecule has 0 spiro atoms. The molecule has 3 atom stereocenters. The number of esters is 1. The second-order valence-corrected chi connectivity index (χ2v) is 9.80. The molecule has 2 aliphatic rings. The topological polar surface area (TPSA) is 108 Å². The number of nitrogens with one attached hydrogen (secondary N) is 2. The number of rotatable bonds is 12. The Morgan fingerprint density at radius 2 is 1.81 bits per heavy atom. The number of unbranched alkanes of at least 4 members (excludes halogenated alkanes) is 1. The number of carboxylic acids is 1. The third-order valence-corrected chi connectivity index (χ3v) is 7.24. The van der Waals surface area contributed by atoms with Crippen molar-refractivity contribution in [3.63, 3.8) is 0 Å². The van der Waals surface area contributed by atoms with Gasteiger partial charge < -0.3 is 20.1 Å². The van der Waals surface area contributed by atoms with Crippen molar-refractivity contribution in [3.8, 4) is 0 Å². The lowest BCUT2D eigenvalue weighted by molar-refractivity contribution is -0.148. The highest BCUT2D eigenvalue weighted by molar-refractivity contribution is 5.87. The maximum atomic E-state index is 13.4. The van der Waals surface area contributed by atoms with Crippen LogP contribution in [0.1, 0.15) is 69.8 Å². The van der Waals surface area contributed by atoms with Crippen LogP contribution in [0, 0.1) is 5.92 Å². The highest BCUT2D eigenvalue weighted by Crippen LogP contribution is 2.28. The summed E-state index contributed by atoms with van der Waals surface area (Å²) in [6, 6.07) is 8.72. The highest BCUT2D eigenvalue weighted by Gasteiger charge is 2.35. The Kier molecular flexibility index (Phi) is 15.8. The number of ether oxygens (including phenoxy) is 1. The summed E-state index contributed by atoms with van der Waals surface area (Å²) in [5.41, 5.74) is 1.09. The van der Waals surface area contributed by atoms with Crippen LogP contribution in [0.25, 0.3) is 0 Å². The molecule has 3 N–H and O–H groups in total. The summed E-state index contributed by atoms with van der Waals surface area (Å²) in [4.78, 5) is 39.0. The number of piperidine rings is 1. The number of carbonyl (C=O) groups is 3. The minimum absolute atomic E-state index is 0. The molecule has 0 aliphatic carbocycles. The fraction of sp³-hybridized carbons (Fsp3) is 0.667. The van der Waals surface area contributed by atoms with Gasteiger partial charge in [-0.1, -0.05) is 49.6 Å². The monoisotopic (exact) mass is 559 g/mol. The van der Waals surface area contributed by atoms with Gasteiger partial charge in [-0.3, -0.25) is 19.7 Å². The number of carbonyl (C=O) groups excluding carboxylic acids is 2. The van der Waals surface area contributed by atoms with Crippen LogP contribution in [-0.2, 0) is 19.1 Å². The Bertz CT molecular complexity index is 824. The molecule has 0 saturated carbocycles. The molecular weight excluding hydrogens is 517 g/mol. The molecular formula is C27H43Cl2N3O5. The second kappa shape index (κ2) is 17.6. The van der Waals surface area contributed by atoms with E-state index >= 15 is 0 Å². The van der Waals surface area contributed by atoms with Crippen LogP contribution in [-0.4, -0.2) is 72.7 Å². The zero-order valence-electron chi connectivity index (χ0n) is 21.7. The van der Waals surface area contributed by atoms with E-state index in [1.807, 2.05) is 30.3 Å². The molecule has 1 aromatic rings. The lowest BCUT2D eigenvalue weighted by Crippen LogP contribution is -2.52. The molecule has 2 saturated heterocycles. The summed E-state index contributed by atoms with van der Waals surface area (Å²) in [5.74, 6) is -0.832. The summed E-state index contributed by atoms with van der Waals surface area (Å²) >= 11 is 0. The first kappa shape index (κ1) is 33.2. The molecule has 0 unspecified atom stereocenters. The third kappa shape index (κ3) is 10.8. The van der Waals surface area contributed by atoms with Gasteiger partial charge in [-0.2, -0.15) is 0 Å². The van der Waals surface area contributed by atoms with Gasteiger partial charge in [0.2, 0.25) is 5.91 Å². The Labute approximate surface area is 233 Å². The van der Waals surface area contributed by atoms with Gasteiger partial charge in [0.25, 0.3) is 0 Å². The fourth-order valence-electron chi connectivity index (χ4n) is 5.32. The molecule has 2 fully saturated rings. The van der Waals surface area contributed by atoms with E-state index in [0.717, 1.165) is 50.3 Å². The number of likely N-dealkylation sites (tertiary alicyclic amines) is 1. The van der Waals surface area contributed by atoms with Gasteiger partial charge in [0.15, 0.2) is 0 Å². The number of halogens is 2. The summed E-state index contributed by atoms with van der Waals surface area (Å²) in [6.45, 7) is 4.23. The molecule has 0 aromatic heterocycles. The summed E-state index contributed by atoms with van der Waals surface area (Å²) in [6.07, 6.45) is 7.37. The zero-order valence-corrected chi connectivity index (χ0v) is 23.4. The van der Waals surface area contributed by atoms with Crippen LogP contribution >= 0.6 is 24.8 Å². The number of benzene rings is 1. The van der Waals surface area contributed by atoms with Crippen molar-refractivity contribution in [2.75, 3.05) is 32.8 Å². The Morgan fingerprint density at radius 3 is 2.46 bits per heavy atom. The molecule has 210 valence electrons. The van der Waals surface area contributed by atoms with Crippen LogP contribution in [0.3, 0.4) is 0 Å². The van der Waals surface area contributed by atoms with Crippen molar-refractivity contribution in [2.45, 2.75) is 76.3 Å². The van der Waals surface area contributed by atoms with Gasteiger partial charge >= 0.3 is 11.9 Å². The van der Waals surface area contributed by atoms with Gasteiger partial charge in [0, 0.05) is 12.5 Å². The third-order valence-electron chi connectivity index (χ3n) is 7.24. The molecule has 1 amide bonds. The minimum atomic E-state index is -1.04. The predicted molar refractivity (Wildman–Crippen MR) is 149 cm³/mol. The molecule has 10 heteroatoms.